The Labute approximate surface area is 223 Å². The number of aryl methyl sites for hydroxylation is 2. The third-order valence-electron chi connectivity index (χ3n) is 5.54. The smallest absolute Gasteiger partial charge is 0.417 e. The van der Waals surface area contributed by atoms with Crippen molar-refractivity contribution < 1.29 is 31.1 Å². The van der Waals surface area contributed by atoms with E-state index in [0.717, 1.165) is 23.3 Å². The number of halogens is 3. The van der Waals surface area contributed by atoms with E-state index < -0.39 is 21.8 Å². The molecule has 1 N–H and O–H groups in total. The molecule has 4 rings (SSSR count). The lowest BCUT2D eigenvalue weighted by Crippen LogP contribution is -2.20. The summed E-state index contributed by atoms with van der Waals surface area (Å²) < 4.78 is 77.7. The monoisotopic (exact) mass is 558 g/mol. The molecule has 12 heteroatoms. The van der Waals surface area contributed by atoms with Gasteiger partial charge in [0.05, 0.1) is 16.9 Å². The highest BCUT2D eigenvalue weighted by atomic mass is 32.2. The number of pyridine rings is 1. The molecule has 0 spiro atoms. The summed E-state index contributed by atoms with van der Waals surface area (Å²) in [5.41, 5.74) is 1.97. The number of benzene rings is 2. The Hall–Kier alpha value is -4.19. The summed E-state index contributed by atoms with van der Waals surface area (Å²) in [6.07, 6.45) is -2.30. The van der Waals surface area contributed by atoms with Gasteiger partial charge < -0.3 is 9.47 Å². The van der Waals surface area contributed by atoms with Crippen molar-refractivity contribution >= 4 is 15.8 Å². The molecule has 0 bridgehead atoms. The summed E-state index contributed by atoms with van der Waals surface area (Å²) in [6.45, 7) is 1.83. The Bertz CT molecular complexity index is 1480. The van der Waals surface area contributed by atoms with E-state index >= 15 is 0 Å². The maximum Gasteiger partial charge on any atom is 0.417 e. The van der Waals surface area contributed by atoms with Crippen LogP contribution in [0, 0.1) is 6.92 Å². The highest BCUT2D eigenvalue weighted by Gasteiger charge is 2.30. The topological polar surface area (TPSA) is 103 Å². The number of ether oxygens (including phenoxy) is 2. The summed E-state index contributed by atoms with van der Waals surface area (Å²) in [5.74, 6) is 0.0131. The number of rotatable bonds is 11. The Morgan fingerprint density at radius 2 is 1.59 bits per heavy atom. The molecule has 0 atom stereocenters. The van der Waals surface area contributed by atoms with Crippen LogP contribution < -0.4 is 14.2 Å². The van der Waals surface area contributed by atoms with Gasteiger partial charge in [0.2, 0.25) is 21.8 Å². The zero-order chi connectivity index (χ0) is 27.9. The van der Waals surface area contributed by atoms with Crippen LogP contribution in [-0.4, -0.2) is 42.3 Å². The van der Waals surface area contributed by atoms with Gasteiger partial charge in [-0.1, -0.05) is 60.2 Å². The first-order valence-electron chi connectivity index (χ1n) is 11.9. The van der Waals surface area contributed by atoms with Crippen LogP contribution in [0.1, 0.15) is 16.7 Å². The van der Waals surface area contributed by atoms with E-state index in [4.69, 9.17) is 9.47 Å². The highest BCUT2D eigenvalue weighted by molar-refractivity contribution is 7.92. The molecule has 0 aliphatic carbocycles. The zero-order valence-corrected chi connectivity index (χ0v) is 21.7. The molecule has 39 heavy (non-hydrogen) atoms. The van der Waals surface area contributed by atoms with Crippen LogP contribution in [0.3, 0.4) is 0 Å². The number of hydrogen-bond donors (Lipinski definition) is 1. The average Bonchev–Trinajstić information content (AvgIpc) is 2.91. The molecule has 204 valence electrons. The molecule has 4 aromatic rings. The molecule has 0 aliphatic rings. The minimum absolute atomic E-state index is 0.0000826. The Kier molecular flexibility index (Phi) is 8.65. The van der Waals surface area contributed by atoms with Gasteiger partial charge in [0.1, 0.15) is 19.5 Å². The van der Waals surface area contributed by atoms with Crippen LogP contribution in [0.15, 0.2) is 79.3 Å². The van der Waals surface area contributed by atoms with Gasteiger partial charge in [-0.05, 0) is 30.5 Å². The largest absolute Gasteiger partial charge is 0.474 e. The lowest BCUT2D eigenvalue weighted by molar-refractivity contribution is -0.137. The van der Waals surface area contributed by atoms with E-state index in [0.29, 0.717) is 23.7 Å². The van der Waals surface area contributed by atoms with E-state index in [2.05, 4.69) is 19.7 Å². The molecule has 2 heterocycles. The molecule has 0 fully saturated rings. The number of aromatic nitrogens is 3. The van der Waals surface area contributed by atoms with Gasteiger partial charge in [0, 0.05) is 12.3 Å². The zero-order valence-electron chi connectivity index (χ0n) is 20.9. The number of nitrogens with one attached hydrogen (secondary N) is 1. The van der Waals surface area contributed by atoms with E-state index in [-0.39, 0.29) is 36.5 Å². The van der Waals surface area contributed by atoms with Crippen molar-refractivity contribution in [3.05, 3.63) is 95.9 Å². The number of sulfonamides is 1. The third-order valence-corrected chi connectivity index (χ3v) is 6.79. The van der Waals surface area contributed by atoms with E-state index in [9.17, 15) is 21.6 Å². The maximum atomic E-state index is 12.9. The molecule has 0 saturated carbocycles. The molecule has 0 aliphatic heterocycles. The van der Waals surface area contributed by atoms with Gasteiger partial charge in [-0.2, -0.15) is 13.2 Å². The summed E-state index contributed by atoms with van der Waals surface area (Å²) in [6, 6.07) is 18.6. The minimum Gasteiger partial charge on any atom is -0.474 e. The van der Waals surface area contributed by atoms with Crippen LogP contribution in [0.2, 0.25) is 0 Å². The summed E-state index contributed by atoms with van der Waals surface area (Å²) in [5, 5.41) is 0. The van der Waals surface area contributed by atoms with Crippen molar-refractivity contribution in [3.8, 4) is 22.9 Å². The van der Waals surface area contributed by atoms with E-state index in [1.165, 1.54) is 6.33 Å². The van der Waals surface area contributed by atoms with Crippen LogP contribution in [0.4, 0.5) is 19.0 Å². The first-order valence-corrected chi connectivity index (χ1v) is 13.5. The van der Waals surface area contributed by atoms with Crippen molar-refractivity contribution in [2.45, 2.75) is 19.5 Å². The fourth-order valence-electron chi connectivity index (χ4n) is 3.55. The molecule has 0 saturated heterocycles. The van der Waals surface area contributed by atoms with Crippen molar-refractivity contribution in [2.24, 2.45) is 0 Å². The second-order valence-corrected chi connectivity index (χ2v) is 10.3. The summed E-state index contributed by atoms with van der Waals surface area (Å²) in [4.78, 5) is 12.0. The van der Waals surface area contributed by atoms with Crippen LogP contribution in [-0.2, 0) is 22.6 Å². The van der Waals surface area contributed by atoms with Gasteiger partial charge in [0.25, 0.3) is 0 Å². The lowest BCUT2D eigenvalue weighted by Gasteiger charge is -2.16. The van der Waals surface area contributed by atoms with Crippen molar-refractivity contribution in [3.63, 3.8) is 0 Å². The van der Waals surface area contributed by atoms with Gasteiger partial charge in [0.15, 0.2) is 5.82 Å². The Balaban J connectivity index is 1.48. The fourth-order valence-corrected chi connectivity index (χ4v) is 4.61. The van der Waals surface area contributed by atoms with Crippen LogP contribution in [0.25, 0.3) is 11.1 Å². The Morgan fingerprint density at radius 1 is 0.872 bits per heavy atom. The molecule has 8 nitrogen and oxygen atoms in total. The lowest BCUT2D eigenvalue weighted by atomic mass is 10.1. The van der Waals surface area contributed by atoms with E-state index in [1.54, 1.807) is 12.1 Å². The van der Waals surface area contributed by atoms with Gasteiger partial charge >= 0.3 is 6.18 Å². The van der Waals surface area contributed by atoms with Crippen molar-refractivity contribution in [2.75, 3.05) is 23.7 Å². The minimum atomic E-state index is -4.49. The second kappa shape index (κ2) is 12.1. The summed E-state index contributed by atoms with van der Waals surface area (Å²) in [7, 11) is -3.77. The van der Waals surface area contributed by atoms with Crippen LogP contribution >= 0.6 is 0 Å². The van der Waals surface area contributed by atoms with E-state index in [1.807, 2.05) is 49.4 Å². The average molecular weight is 559 g/mol. The maximum absolute atomic E-state index is 12.9. The number of nitrogens with zero attached hydrogens (tertiary/aromatic N) is 3. The predicted octanol–water partition coefficient (Wildman–Crippen LogP) is 5.31. The van der Waals surface area contributed by atoms with Crippen molar-refractivity contribution in [1.29, 1.82) is 0 Å². The molecular weight excluding hydrogens is 533 g/mol. The molecule has 0 unspecified atom stereocenters. The third kappa shape index (κ3) is 7.90. The second-order valence-electron chi connectivity index (χ2n) is 8.50. The quantitative estimate of drug-likeness (QED) is 0.249. The first-order chi connectivity index (χ1) is 18.6. The van der Waals surface area contributed by atoms with Gasteiger partial charge in [-0.25, -0.2) is 23.4 Å². The predicted molar refractivity (Wildman–Crippen MR) is 140 cm³/mol. The molecule has 0 radical (unpaired) electrons. The Morgan fingerprint density at radius 3 is 2.26 bits per heavy atom. The van der Waals surface area contributed by atoms with Crippen molar-refractivity contribution in [1.82, 2.24) is 15.0 Å². The number of alkyl halides is 3. The summed E-state index contributed by atoms with van der Waals surface area (Å²) >= 11 is 0. The molecule has 0 amide bonds. The number of anilines is 1. The normalized spacial score (nSPS) is 11.7. The molecule has 2 aromatic heterocycles. The fraction of sp³-hybridized carbons (Fsp3) is 0.222. The SMILES string of the molecule is Cc1ccc(-c2c(NS(=O)(=O)CCc3ccccc3)ncnc2OCCOc2ccc(C(F)(F)F)cn2)cc1. The molecule has 2 aromatic carbocycles. The standard InChI is InChI=1S/C27H25F3N4O4S/c1-19-7-9-21(10-8-19)24-25(34-39(35,36)16-13-20-5-3-2-4-6-20)32-18-33-26(24)38-15-14-37-23-12-11-22(17-31-23)27(28,29)30/h2-12,17-18H,13-16H2,1H3,(H,32,33,34). The van der Waals surface area contributed by atoms with Gasteiger partial charge in [-0.3, -0.25) is 4.72 Å². The van der Waals surface area contributed by atoms with Gasteiger partial charge in [-0.15, -0.1) is 0 Å². The molecular formula is C27H25F3N4O4S. The number of hydrogen-bond acceptors (Lipinski definition) is 7. The van der Waals surface area contributed by atoms with Crippen LogP contribution in [0.5, 0.6) is 11.8 Å². The highest BCUT2D eigenvalue weighted by Crippen LogP contribution is 2.34. The first kappa shape index (κ1) is 27.8.